The van der Waals surface area contributed by atoms with Crippen molar-refractivity contribution in [2.45, 2.75) is 12.1 Å². The van der Waals surface area contributed by atoms with Gasteiger partial charge in [-0.3, -0.25) is 4.79 Å². The van der Waals surface area contributed by atoms with E-state index in [4.69, 9.17) is 11.6 Å². The number of thioether (sulfide) groups is 1. The van der Waals surface area contributed by atoms with Crippen molar-refractivity contribution >= 4 is 46.0 Å². The zero-order valence-electron chi connectivity index (χ0n) is 13.9. The third kappa shape index (κ3) is 4.21. The van der Waals surface area contributed by atoms with Gasteiger partial charge in [0, 0.05) is 12.1 Å². The molecule has 0 radical (unpaired) electrons. The van der Waals surface area contributed by atoms with Gasteiger partial charge in [-0.15, -0.1) is 0 Å². The smallest absolute Gasteiger partial charge is 0.250 e. The van der Waals surface area contributed by atoms with E-state index in [1.165, 1.54) is 11.8 Å². The SMILES string of the molecule is CC(=NNC(=O)CSc1nc2ccccc2n1C)c1ccc(Cl)cc1. The number of carbonyl (C=O) groups excluding carboxylic acids is 1. The summed E-state index contributed by atoms with van der Waals surface area (Å²) < 4.78 is 1.98. The number of halogens is 1. The summed E-state index contributed by atoms with van der Waals surface area (Å²) in [6.07, 6.45) is 0. The average molecular weight is 373 g/mol. The molecule has 0 aliphatic heterocycles. The van der Waals surface area contributed by atoms with Crippen molar-refractivity contribution in [2.75, 3.05) is 5.75 Å². The fraction of sp³-hybridized carbons (Fsp3) is 0.167. The van der Waals surface area contributed by atoms with Gasteiger partial charge in [0.25, 0.3) is 5.91 Å². The number of nitrogens with one attached hydrogen (secondary N) is 1. The number of hydrogen-bond donors (Lipinski definition) is 1. The highest BCUT2D eigenvalue weighted by Crippen LogP contribution is 2.22. The highest BCUT2D eigenvalue weighted by Gasteiger charge is 2.10. The van der Waals surface area contributed by atoms with Crippen molar-refractivity contribution in [3.05, 3.63) is 59.1 Å². The van der Waals surface area contributed by atoms with Crippen molar-refractivity contribution < 1.29 is 4.79 Å². The van der Waals surface area contributed by atoms with Crippen LogP contribution in [0.1, 0.15) is 12.5 Å². The predicted molar refractivity (Wildman–Crippen MR) is 103 cm³/mol. The van der Waals surface area contributed by atoms with E-state index >= 15 is 0 Å². The first-order chi connectivity index (χ1) is 12.0. The van der Waals surface area contributed by atoms with Crippen LogP contribution in [0.3, 0.4) is 0 Å². The molecule has 7 heteroatoms. The van der Waals surface area contributed by atoms with E-state index in [9.17, 15) is 4.79 Å². The van der Waals surface area contributed by atoms with Gasteiger partial charge in [0.05, 0.1) is 22.5 Å². The van der Waals surface area contributed by atoms with E-state index in [1.807, 2.05) is 54.9 Å². The molecular formula is C18H17ClN4OS. The minimum absolute atomic E-state index is 0.176. The molecule has 1 aromatic heterocycles. The molecule has 0 spiro atoms. The minimum atomic E-state index is -0.176. The van der Waals surface area contributed by atoms with Crippen LogP contribution in [0.15, 0.2) is 58.8 Å². The summed E-state index contributed by atoms with van der Waals surface area (Å²) >= 11 is 7.25. The number of aryl methyl sites for hydroxylation is 1. The van der Waals surface area contributed by atoms with E-state index in [0.29, 0.717) is 5.02 Å². The lowest BCUT2D eigenvalue weighted by Crippen LogP contribution is -2.21. The van der Waals surface area contributed by atoms with Crippen LogP contribution >= 0.6 is 23.4 Å². The summed E-state index contributed by atoms with van der Waals surface area (Å²) in [6, 6.07) is 15.2. The van der Waals surface area contributed by atoms with E-state index in [-0.39, 0.29) is 11.7 Å². The summed E-state index contributed by atoms with van der Waals surface area (Å²) in [5, 5.41) is 5.60. The van der Waals surface area contributed by atoms with E-state index in [2.05, 4.69) is 15.5 Å². The second-order valence-electron chi connectivity index (χ2n) is 5.47. The number of hydrogen-bond acceptors (Lipinski definition) is 4. The van der Waals surface area contributed by atoms with Gasteiger partial charge >= 0.3 is 0 Å². The Labute approximate surface area is 155 Å². The molecule has 2 aromatic carbocycles. The number of benzene rings is 2. The van der Waals surface area contributed by atoms with Gasteiger partial charge in [0.15, 0.2) is 5.16 Å². The summed E-state index contributed by atoms with van der Waals surface area (Å²) in [5.41, 5.74) is 6.17. The molecule has 3 aromatic rings. The number of amides is 1. The van der Waals surface area contributed by atoms with Crippen LogP contribution in [-0.4, -0.2) is 26.9 Å². The van der Waals surface area contributed by atoms with Crippen molar-refractivity contribution in [3.63, 3.8) is 0 Å². The first kappa shape index (κ1) is 17.5. The molecule has 25 heavy (non-hydrogen) atoms. The second kappa shape index (κ2) is 7.72. The maximum absolute atomic E-state index is 12.0. The molecule has 5 nitrogen and oxygen atoms in total. The topological polar surface area (TPSA) is 59.3 Å². The van der Waals surface area contributed by atoms with Crippen LogP contribution in [-0.2, 0) is 11.8 Å². The normalized spacial score (nSPS) is 11.7. The number of imidazole rings is 1. The fourth-order valence-corrected chi connectivity index (χ4v) is 3.22. The standard InChI is InChI=1S/C18H17ClN4OS/c1-12(13-7-9-14(19)10-8-13)21-22-17(24)11-25-18-20-15-5-3-4-6-16(15)23(18)2/h3-10H,11H2,1-2H3,(H,22,24). The highest BCUT2D eigenvalue weighted by atomic mass is 35.5. The first-order valence-electron chi connectivity index (χ1n) is 7.68. The molecule has 128 valence electrons. The van der Waals surface area contributed by atoms with Crippen LogP contribution in [0.25, 0.3) is 11.0 Å². The zero-order valence-corrected chi connectivity index (χ0v) is 15.4. The maximum atomic E-state index is 12.0. The largest absolute Gasteiger partial charge is 0.322 e. The van der Waals surface area contributed by atoms with E-state index < -0.39 is 0 Å². The van der Waals surface area contributed by atoms with Gasteiger partial charge in [0.2, 0.25) is 0 Å². The molecule has 1 heterocycles. The molecule has 0 fully saturated rings. The van der Waals surface area contributed by atoms with Crippen LogP contribution in [0, 0.1) is 0 Å². The second-order valence-corrected chi connectivity index (χ2v) is 6.85. The maximum Gasteiger partial charge on any atom is 0.250 e. The molecular weight excluding hydrogens is 356 g/mol. The molecule has 0 aliphatic carbocycles. The molecule has 0 atom stereocenters. The number of aromatic nitrogens is 2. The zero-order chi connectivity index (χ0) is 17.8. The molecule has 0 bridgehead atoms. The third-order valence-corrected chi connectivity index (χ3v) is 4.97. The van der Waals surface area contributed by atoms with Crippen LogP contribution in [0.2, 0.25) is 5.02 Å². The summed E-state index contributed by atoms with van der Waals surface area (Å²) in [7, 11) is 1.94. The lowest BCUT2D eigenvalue weighted by Gasteiger charge is -2.04. The Balaban J connectivity index is 1.59. The summed E-state index contributed by atoms with van der Waals surface area (Å²) in [6.45, 7) is 1.84. The quantitative estimate of drug-likeness (QED) is 0.420. The van der Waals surface area contributed by atoms with Crippen LogP contribution in [0.4, 0.5) is 0 Å². The number of para-hydroxylation sites is 2. The van der Waals surface area contributed by atoms with Crippen molar-refractivity contribution in [3.8, 4) is 0 Å². The van der Waals surface area contributed by atoms with Crippen LogP contribution < -0.4 is 5.43 Å². The third-order valence-electron chi connectivity index (χ3n) is 3.69. The Morgan fingerprint density at radius 1 is 1.24 bits per heavy atom. The number of hydrazone groups is 1. The lowest BCUT2D eigenvalue weighted by atomic mass is 10.1. The van der Waals surface area contributed by atoms with Gasteiger partial charge in [-0.2, -0.15) is 5.10 Å². The molecule has 1 N–H and O–H groups in total. The molecule has 0 aliphatic rings. The van der Waals surface area contributed by atoms with Crippen LogP contribution in [0.5, 0.6) is 0 Å². The molecule has 0 unspecified atom stereocenters. The Morgan fingerprint density at radius 2 is 1.96 bits per heavy atom. The molecule has 0 saturated heterocycles. The van der Waals surface area contributed by atoms with Gasteiger partial charge in [-0.1, -0.05) is 47.6 Å². The van der Waals surface area contributed by atoms with E-state index in [1.54, 1.807) is 12.1 Å². The average Bonchev–Trinajstić information content (AvgIpc) is 2.95. The monoisotopic (exact) mass is 372 g/mol. The van der Waals surface area contributed by atoms with Crippen molar-refractivity contribution in [1.29, 1.82) is 0 Å². The highest BCUT2D eigenvalue weighted by molar-refractivity contribution is 7.99. The van der Waals surface area contributed by atoms with Crippen molar-refractivity contribution in [1.82, 2.24) is 15.0 Å². The minimum Gasteiger partial charge on any atom is -0.322 e. The number of rotatable bonds is 5. The Morgan fingerprint density at radius 3 is 2.68 bits per heavy atom. The van der Waals surface area contributed by atoms with Crippen molar-refractivity contribution in [2.24, 2.45) is 12.1 Å². The first-order valence-corrected chi connectivity index (χ1v) is 9.04. The molecule has 1 amide bonds. The van der Waals surface area contributed by atoms with Gasteiger partial charge in [0.1, 0.15) is 0 Å². The summed E-state index contributed by atoms with van der Waals surface area (Å²) in [4.78, 5) is 16.6. The fourth-order valence-electron chi connectivity index (χ4n) is 2.32. The van der Waals surface area contributed by atoms with Gasteiger partial charge in [-0.05, 0) is 36.8 Å². The number of carbonyl (C=O) groups is 1. The van der Waals surface area contributed by atoms with E-state index in [0.717, 1.165) is 27.5 Å². The Hall–Kier alpha value is -2.31. The number of fused-ring (bicyclic) bond motifs is 1. The number of nitrogens with zero attached hydrogens (tertiary/aromatic N) is 3. The summed E-state index contributed by atoms with van der Waals surface area (Å²) in [5.74, 6) is 0.0690. The van der Waals surface area contributed by atoms with Gasteiger partial charge < -0.3 is 4.57 Å². The lowest BCUT2D eigenvalue weighted by molar-refractivity contribution is -0.118. The Bertz CT molecular complexity index is 934. The Kier molecular flexibility index (Phi) is 5.40. The predicted octanol–water partition coefficient (Wildman–Crippen LogP) is 3.86. The van der Waals surface area contributed by atoms with Gasteiger partial charge in [-0.25, -0.2) is 10.4 Å². The molecule has 3 rings (SSSR count). The molecule has 0 saturated carbocycles.